The molecule has 24 heavy (non-hydrogen) atoms. The lowest BCUT2D eigenvalue weighted by Gasteiger charge is -2.25. The molecule has 0 aliphatic carbocycles. The van der Waals surface area contributed by atoms with Crippen LogP contribution in [0, 0.1) is 0 Å². The van der Waals surface area contributed by atoms with Gasteiger partial charge in [-0.2, -0.15) is 13.2 Å². The highest BCUT2D eigenvalue weighted by molar-refractivity contribution is 5.93. The van der Waals surface area contributed by atoms with Gasteiger partial charge in [0.25, 0.3) is 5.91 Å². The number of amides is 2. The van der Waals surface area contributed by atoms with Crippen molar-refractivity contribution in [1.82, 2.24) is 15.2 Å². The second-order valence-electron chi connectivity index (χ2n) is 4.67. The zero-order valence-electron chi connectivity index (χ0n) is 12.4. The molecule has 0 aromatic carbocycles. The van der Waals surface area contributed by atoms with Crippen LogP contribution in [0.25, 0.3) is 0 Å². The molecule has 0 spiro atoms. The number of nitrogens with two attached hydrogens (primary N) is 1. The van der Waals surface area contributed by atoms with Crippen molar-refractivity contribution >= 4 is 12.0 Å². The summed E-state index contributed by atoms with van der Waals surface area (Å²) >= 11 is 0. The summed E-state index contributed by atoms with van der Waals surface area (Å²) in [6, 6.07) is 2.97. The molecular weight excluding hydrogens is 329 g/mol. The number of hydrogen-bond acceptors (Lipinski definition) is 5. The first-order valence-electron chi connectivity index (χ1n) is 6.60. The Labute approximate surface area is 134 Å². The van der Waals surface area contributed by atoms with Crippen LogP contribution in [0.5, 0.6) is 0 Å². The lowest BCUT2D eigenvalue weighted by molar-refractivity contribution is -0.141. The molecule has 1 aromatic heterocycles. The molecule has 1 atom stereocenters. The van der Waals surface area contributed by atoms with Crippen LogP contribution >= 0.6 is 0 Å². The number of methoxy groups -OCH3 is 1. The molecular formula is C14H13F3N4O3. The number of aromatic nitrogens is 1. The zero-order chi connectivity index (χ0) is 17.9. The van der Waals surface area contributed by atoms with E-state index in [9.17, 15) is 22.8 Å². The van der Waals surface area contributed by atoms with E-state index >= 15 is 0 Å². The van der Waals surface area contributed by atoms with Crippen LogP contribution < -0.4 is 11.1 Å². The third-order valence-electron chi connectivity index (χ3n) is 2.99. The van der Waals surface area contributed by atoms with E-state index in [-0.39, 0.29) is 5.70 Å². The van der Waals surface area contributed by atoms with E-state index in [2.05, 4.69) is 15.0 Å². The molecule has 3 N–H and O–H groups in total. The Morgan fingerprint density at radius 1 is 1.38 bits per heavy atom. The Bertz CT molecular complexity index is 715. The van der Waals surface area contributed by atoms with Gasteiger partial charge in [-0.05, 0) is 24.3 Å². The number of rotatable bonds is 2. The van der Waals surface area contributed by atoms with Gasteiger partial charge in [-0.25, -0.2) is 9.78 Å². The Kier molecular flexibility index (Phi) is 4.88. The maximum atomic E-state index is 12.6. The van der Waals surface area contributed by atoms with Crippen LogP contribution in [0.4, 0.5) is 18.0 Å². The van der Waals surface area contributed by atoms with Crippen molar-refractivity contribution in [3.63, 3.8) is 0 Å². The highest BCUT2D eigenvalue weighted by atomic mass is 19.4. The minimum absolute atomic E-state index is 0.145. The molecule has 1 unspecified atom stereocenters. The Morgan fingerprint density at radius 2 is 2.08 bits per heavy atom. The second-order valence-corrected chi connectivity index (χ2v) is 4.67. The molecule has 10 heteroatoms. The summed E-state index contributed by atoms with van der Waals surface area (Å²) in [6.07, 6.45) is -2.17. The van der Waals surface area contributed by atoms with E-state index in [4.69, 9.17) is 5.73 Å². The van der Waals surface area contributed by atoms with Crippen molar-refractivity contribution in [2.45, 2.75) is 12.3 Å². The average Bonchev–Trinajstić information content (AvgIpc) is 2.55. The molecule has 0 fully saturated rings. The molecule has 2 heterocycles. The van der Waals surface area contributed by atoms with Gasteiger partial charge in [-0.3, -0.25) is 9.69 Å². The maximum Gasteiger partial charge on any atom is 0.433 e. The Hall–Kier alpha value is -2.88. The van der Waals surface area contributed by atoms with Gasteiger partial charge in [0, 0.05) is 6.20 Å². The van der Waals surface area contributed by atoms with E-state index in [1.807, 2.05) is 0 Å². The first kappa shape index (κ1) is 17.5. The standard InChI is InChI=1S/C14H13F3N4O3/c1-24-13(23)21-7-8(5-6-11(21)18)19-12(22)9-3-2-4-10(20-9)14(15,16)17/h2-7,11H,18H2,1H3,(H,19,22). The van der Waals surface area contributed by atoms with Crippen LogP contribution in [0.15, 0.2) is 42.2 Å². The fraction of sp³-hybridized carbons (Fsp3) is 0.214. The van der Waals surface area contributed by atoms with Crippen LogP contribution in [0.1, 0.15) is 16.2 Å². The van der Waals surface area contributed by atoms with E-state index in [1.54, 1.807) is 0 Å². The summed E-state index contributed by atoms with van der Waals surface area (Å²) in [7, 11) is 1.16. The number of ether oxygens (including phenoxy) is 1. The normalized spacial score (nSPS) is 17.3. The van der Waals surface area contributed by atoms with Gasteiger partial charge in [-0.15, -0.1) is 0 Å². The summed E-state index contributed by atoms with van der Waals surface area (Å²) in [4.78, 5) is 27.9. The summed E-state index contributed by atoms with van der Waals surface area (Å²) in [6.45, 7) is 0. The number of alkyl halides is 3. The van der Waals surface area contributed by atoms with Gasteiger partial charge < -0.3 is 15.8 Å². The van der Waals surface area contributed by atoms with Gasteiger partial charge in [-0.1, -0.05) is 6.07 Å². The fourth-order valence-electron chi connectivity index (χ4n) is 1.84. The summed E-state index contributed by atoms with van der Waals surface area (Å²) in [5.74, 6) is -0.864. The molecule has 0 saturated heterocycles. The number of carbonyl (C=O) groups is 2. The molecule has 0 saturated carbocycles. The van der Waals surface area contributed by atoms with Crippen LogP contribution in [-0.4, -0.2) is 35.2 Å². The van der Waals surface area contributed by atoms with Crippen molar-refractivity contribution in [2.75, 3.05) is 7.11 Å². The Morgan fingerprint density at radius 3 is 2.71 bits per heavy atom. The molecule has 1 aliphatic rings. The molecule has 0 bridgehead atoms. The summed E-state index contributed by atoms with van der Waals surface area (Å²) in [5, 5.41) is 2.34. The smallest absolute Gasteiger partial charge is 0.433 e. The molecule has 2 rings (SSSR count). The van der Waals surface area contributed by atoms with E-state index in [1.165, 1.54) is 18.4 Å². The van der Waals surface area contributed by atoms with E-state index in [0.717, 1.165) is 30.2 Å². The van der Waals surface area contributed by atoms with Gasteiger partial charge >= 0.3 is 12.3 Å². The molecule has 128 valence electrons. The number of hydrogen-bond donors (Lipinski definition) is 2. The van der Waals surface area contributed by atoms with E-state index in [0.29, 0.717) is 0 Å². The van der Waals surface area contributed by atoms with Crippen LogP contribution in [0.3, 0.4) is 0 Å². The van der Waals surface area contributed by atoms with Crippen LogP contribution in [-0.2, 0) is 10.9 Å². The second kappa shape index (κ2) is 6.71. The van der Waals surface area contributed by atoms with Crippen molar-refractivity contribution in [3.8, 4) is 0 Å². The quantitative estimate of drug-likeness (QED) is 0.851. The predicted molar refractivity (Wildman–Crippen MR) is 76.1 cm³/mol. The molecule has 1 aromatic rings. The number of allylic oxidation sites excluding steroid dienone is 1. The predicted octanol–water partition coefficient (Wildman–Crippen LogP) is 1.59. The number of carbonyl (C=O) groups excluding carboxylic acids is 2. The summed E-state index contributed by atoms with van der Waals surface area (Å²) in [5.41, 5.74) is 4.22. The molecule has 0 radical (unpaired) electrons. The number of nitrogens with one attached hydrogen (secondary N) is 1. The minimum Gasteiger partial charge on any atom is -0.452 e. The monoisotopic (exact) mass is 342 g/mol. The number of nitrogens with zero attached hydrogens (tertiary/aromatic N) is 2. The number of pyridine rings is 1. The maximum absolute atomic E-state index is 12.6. The molecule has 1 aliphatic heterocycles. The highest BCUT2D eigenvalue weighted by Crippen LogP contribution is 2.27. The van der Waals surface area contributed by atoms with Gasteiger partial charge in [0.05, 0.1) is 12.8 Å². The summed E-state index contributed by atoms with van der Waals surface area (Å²) < 4.78 is 42.4. The first-order valence-corrected chi connectivity index (χ1v) is 6.60. The van der Waals surface area contributed by atoms with Crippen molar-refractivity contribution in [2.24, 2.45) is 5.73 Å². The van der Waals surface area contributed by atoms with Crippen LogP contribution in [0.2, 0.25) is 0 Å². The lowest BCUT2D eigenvalue weighted by atomic mass is 10.2. The van der Waals surface area contributed by atoms with Crippen molar-refractivity contribution < 1.29 is 27.5 Å². The zero-order valence-corrected chi connectivity index (χ0v) is 12.4. The first-order chi connectivity index (χ1) is 11.2. The van der Waals surface area contributed by atoms with Crippen molar-refractivity contribution in [3.05, 3.63) is 53.6 Å². The Balaban J connectivity index is 2.18. The molecule has 7 nitrogen and oxygen atoms in total. The van der Waals surface area contributed by atoms with Gasteiger partial charge in [0.15, 0.2) is 0 Å². The average molecular weight is 342 g/mol. The lowest BCUT2D eigenvalue weighted by Crippen LogP contribution is -2.43. The highest BCUT2D eigenvalue weighted by Gasteiger charge is 2.33. The SMILES string of the molecule is COC(=O)N1C=C(NC(=O)c2cccc(C(F)(F)F)n2)C=CC1N. The third-order valence-corrected chi connectivity index (χ3v) is 2.99. The fourth-order valence-corrected chi connectivity index (χ4v) is 1.84. The molecule has 2 amide bonds. The minimum atomic E-state index is -4.66. The third kappa shape index (κ3) is 3.90. The largest absolute Gasteiger partial charge is 0.452 e. The number of halogens is 3. The topological polar surface area (TPSA) is 97.5 Å². The van der Waals surface area contributed by atoms with E-state index < -0.39 is 35.7 Å². The van der Waals surface area contributed by atoms with Crippen molar-refractivity contribution in [1.29, 1.82) is 0 Å². The van der Waals surface area contributed by atoms with Gasteiger partial charge in [0.2, 0.25) is 0 Å². The van der Waals surface area contributed by atoms with Gasteiger partial charge in [0.1, 0.15) is 17.6 Å².